The van der Waals surface area contributed by atoms with Gasteiger partial charge in [-0.3, -0.25) is 0 Å². The molecule has 0 saturated carbocycles. The molecule has 3 nitrogen and oxygen atoms in total. The zero-order chi connectivity index (χ0) is 7.91. The van der Waals surface area contributed by atoms with E-state index in [0.717, 1.165) is 6.08 Å². The van der Waals surface area contributed by atoms with Gasteiger partial charge in [0.2, 0.25) is 9.87 Å². The van der Waals surface area contributed by atoms with E-state index in [9.17, 15) is 0 Å². The number of hydrogen-bond donors (Lipinski definition) is 2. The predicted molar refractivity (Wildman–Crippen MR) is 35.8 cm³/mol. The molecule has 0 atom stereocenters. The summed E-state index contributed by atoms with van der Waals surface area (Å²) in [6.45, 7) is -0.433. The average Bonchev–Trinajstić information content (AvgIpc) is 1.67. The van der Waals surface area contributed by atoms with E-state index in [2.05, 4.69) is 0 Å². The summed E-state index contributed by atoms with van der Waals surface area (Å²) >= 11 is 15.0. The van der Waals surface area contributed by atoms with E-state index in [4.69, 9.17) is 50.1 Å². The Balaban J connectivity index is 0. The highest BCUT2D eigenvalue weighted by atomic mass is 35.6. The summed E-state index contributed by atoms with van der Waals surface area (Å²) in [5.74, 6) is 0. The highest BCUT2D eigenvalue weighted by Crippen LogP contribution is 2.23. The smallest absolute Gasteiger partial charge is 0.231 e. The van der Waals surface area contributed by atoms with Crippen molar-refractivity contribution >= 4 is 40.9 Å². The SMILES string of the molecule is N=C=O.OCC(Cl)(Cl)Cl. The molecule has 0 aromatic rings. The van der Waals surface area contributed by atoms with Crippen LogP contribution in [0.15, 0.2) is 0 Å². The minimum Gasteiger partial charge on any atom is -0.392 e. The summed E-state index contributed by atoms with van der Waals surface area (Å²) in [5, 5.41) is 13.4. The molecule has 0 bridgehead atoms. The van der Waals surface area contributed by atoms with Gasteiger partial charge in [0.05, 0.1) is 6.61 Å². The van der Waals surface area contributed by atoms with Crippen molar-refractivity contribution in [1.29, 1.82) is 5.41 Å². The highest BCUT2D eigenvalue weighted by molar-refractivity contribution is 6.67. The van der Waals surface area contributed by atoms with Gasteiger partial charge in [-0.15, -0.1) is 0 Å². The van der Waals surface area contributed by atoms with Crippen molar-refractivity contribution in [2.75, 3.05) is 6.61 Å². The normalized spacial score (nSPS) is 8.89. The van der Waals surface area contributed by atoms with Crippen LogP contribution in [0.25, 0.3) is 0 Å². The van der Waals surface area contributed by atoms with Gasteiger partial charge in [0.1, 0.15) is 0 Å². The van der Waals surface area contributed by atoms with Crippen LogP contribution in [0.1, 0.15) is 0 Å². The number of aliphatic hydroxyl groups is 1. The first-order valence-electron chi connectivity index (χ1n) is 1.69. The number of hydrogen-bond acceptors (Lipinski definition) is 3. The molecule has 0 saturated heterocycles. The lowest BCUT2D eigenvalue weighted by atomic mass is 10.9. The van der Waals surface area contributed by atoms with E-state index < -0.39 is 10.4 Å². The molecular formula is C3H4Cl3NO2. The maximum atomic E-state index is 8.35. The third kappa shape index (κ3) is 30.7. The Morgan fingerprint density at radius 3 is 1.67 bits per heavy atom. The monoisotopic (exact) mass is 191 g/mol. The van der Waals surface area contributed by atoms with Gasteiger partial charge in [0.15, 0.2) is 0 Å². The van der Waals surface area contributed by atoms with E-state index in [1.54, 1.807) is 0 Å². The number of halogens is 3. The Morgan fingerprint density at radius 1 is 1.56 bits per heavy atom. The van der Waals surface area contributed by atoms with Gasteiger partial charge < -0.3 is 5.11 Å². The van der Waals surface area contributed by atoms with E-state index in [1.165, 1.54) is 0 Å². The molecule has 0 radical (unpaired) electrons. The van der Waals surface area contributed by atoms with Crippen LogP contribution < -0.4 is 0 Å². The first-order chi connectivity index (χ1) is 3.97. The van der Waals surface area contributed by atoms with Gasteiger partial charge in [0, 0.05) is 0 Å². The number of rotatable bonds is 0. The van der Waals surface area contributed by atoms with Crippen LogP contribution in [0.5, 0.6) is 0 Å². The van der Waals surface area contributed by atoms with Crippen molar-refractivity contribution < 1.29 is 9.90 Å². The van der Waals surface area contributed by atoms with E-state index in [-0.39, 0.29) is 0 Å². The maximum Gasteiger partial charge on any atom is 0.231 e. The molecule has 0 aliphatic rings. The topological polar surface area (TPSA) is 61.2 Å². The molecule has 9 heavy (non-hydrogen) atoms. The lowest BCUT2D eigenvalue weighted by Gasteiger charge is -2.01. The van der Waals surface area contributed by atoms with Crippen LogP contribution in [0, 0.1) is 5.41 Å². The standard InChI is InChI=1S/C2H3Cl3O.CHNO/c3-2(4,5)1-6;2-1-3/h6H,1H2;2H. The van der Waals surface area contributed by atoms with Crippen molar-refractivity contribution in [2.45, 2.75) is 3.79 Å². The van der Waals surface area contributed by atoms with Crippen LogP contribution >= 0.6 is 34.8 Å². The van der Waals surface area contributed by atoms with Crippen molar-refractivity contribution in [3.05, 3.63) is 0 Å². The predicted octanol–water partition coefficient (Wildman–Crippen LogP) is 1.25. The molecule has 0 aromatic carbocycles. The molecule has 54 valence electrons. The largest absolute Gasteiger partial charge is 0.392 e. The molecule has 2 N–H and O–H groups in total. The number of nitrogens with one attached hydrogen (secondary N) is 1. The average molecular weight is 192 g/mol. The first kappa shape index (κ1) is 11.9. The molecule has 0 amide bonds. The fraction of sp³-hybridized carbons (Fsp3) is 0.667. The third-order valence-electron chi connectivity index (χ3n) is 0.179. The second-order valence-electron chi connectivity index (χ2n) is 0.875. The van der Waals surface area contributed by atoms with Gasteiger partial charge >= 0.3 is 0 Å². The molecule has 0 aliphatic heterocycles. The van der Waals surface area contributed by atoms with Crippen molar-refractivity contribution in [2.24, 2.45) is 0 Å². The number of aliphatic hydroxyl groups excluding tert-OH is 1. The quantitative estimate of drug-likeness (QED) is 0.345. The Kier molecular flexibility index (Phi) is 8.40. The molecule has 0 aliphatic carbocycles. The summed E-state index contributed by atoms with van der Waals surface area (Å²) in [7, 11) is 0. The molecular weight excluding hydrogens is 188 g/mol. The number of isocyanates is 1. The minimum atomic E-state index is -1.49. The second kappa shape index (κ2) is 6.33. The third-order valence-corrected chi connectivity index (χ3v) is 0.538. The molecule has 0 unspecified atom stereocenters. The van der Waals surface area contributed by atoms with Crippen LogP contribution in [-0.4, -0.2) is 21.6 Å². The number of alkyl halides is 3. The van der Waals surface area contributed by atoms with Gasteiger partial charge in [-0.25, -0.2) is 10.2 Å². The van der Waals surface area contributed by atoms with Gasteiger partial charge in [0.25, 0.3) is 0 Å². The minimum absolute atomic E-state index is 0.433. The summed E-state index contributed by atoms with van der Waals surface area (Å²) in [6.07, 6.45) is 0.750. The Bertz CT molecular complexity index is 93.7. The summed E-state index contributed by atoms with van der Waals surface area (Å²) in [6, 6.07) is 0. The zero-order valence-electron chi connectivity index (χ0n) is 4.20. The van der Waals surface area contributed by atoms with E-state index >= 15 is 0 Å². The molecule has 0 rings (SSSR count). The molecule has 0 aromatic heterocycles. The van der Waals surface area contributed by atoms with Crippen molar-refractivity contribution in [3.8, 4) is 0 Å². The summed E-state index contributed by atoms with van der Waals surface area (Å²) in [4.78, 5) is 8.35. The second-order valence-corrected chi connectivity index (χ2v) is 3.39. The molecule has 0 heterocycles. The van der Waals surface area contributed by atoms with Crippen LogP contribution in [0.4, 0.5) is 0 Å². The van der Waals surface area contributed by atoms with Crippen molar-refractivity contribution in [1.82, 2.24) is 0 Å². The van der Waals surface area contributed by atoms with Gasteiger partial charge in [-0.1, -0.05) is 34.8 Å². The van der Waals surface area contributed by atoms with E-state index in [1.807, 2.05) is 0 Å². The fourth-order valence-corrected chi connectivity index (χ4v) is 0. The van der Waals surface area contributed by atoms with Crippen LogP contribution in [0.3, 0.4) is 0 Å². The summed E-state index contributed by atoms with van der Waals surface area (Å²) in [5.41, 5.74) is 0. The lowest BCUT2D eigenvalue weighted by molar-refractivity contribution is 0.303. The lowest BCUT2D eigenvalue weighted by Crippen LogP contribution is -2.06. The first-order valence-corrected chi connectivity index (χ1v) is 2.82. The van der Waals surface area contributed by atoms with E-state index in [0.29, 0.717) is 0 Å². The fourth-order valence-electron chi connectivity index (χ4n) is 0. The Hall–Kier alpha value is 0.210. The molecule has 6 heteroatoms. The van der Waals surface area contributed by atoms with Crippen LogP contribution in [-0.2, 0) is 4.79 Å². The molecule has 0 fully saturated rings. The number of carbonyl (C=O) groups excluding carboxylic acids is 1. The highest BCUT2D eigenvalue weighted by Gasteiger charge is 2.16. The maximum absolute atomic E-state index is 8.35. The van der Waals surface area contributed by atoms with Crippen LogP contribution in [0.2, 0.25) is 0 Å². The molecule has 0 spiro atoms. The Labute approximate surface area is 67.0 Å². The Morgan fingerprint density at radius 2 is 1.67 bits per heavy atom. The van der Waals surface area contributed by atoms with Gasteiger partial charge in [-0.05, 0) is 0 Å². The zero-order valence-corrected chi connectivity index (χ0v) is 6.46. The van der Waals surface area contributed by atoms with Gasteiger partial charge in [-0.2, -0.15) is 0 Å². The summed E-state index contributed by atoms with van der Waals surface area (Å²) < 4.78 is -1.49. The van der Waals surface area contributed by atoms with Crippen molar-refractivity contribution in [3.63, 3.8) is 0 Å².